The van der Waals surface area contributed by atoms with Crippen molar-refractivity contribution in [2.24, 2.45) is 0 Å². The average molecular weight is 940 g/mol. The molecular formula is C57H73N13. The van der Waals surface area contributed by atoms with Crippen LogP contribution in [0, 0.1) is 13.8 Å². The first kappa shape index (κ1) is 50.7. The van der Waals surface area contributed by atoms with Crippen molar-refractivity contribution < 1.29 is 0 Å². The van der Waals surface area contributed by atoms with E-state index in [1.165, 1.54) is 0 Å². The fourth-order valence-electron chi connectivity index (χ4n) is 8.76. The molecule has 0 atom stereocenters. The van der Waals surface area contributed by atoms with E-state index in [9.17, 15) is 0 Å². The van der Waals surface area contributed by atoms with E-state index in [1.54, 1.807) is 0 Å². The van der Waals surface area contributed by atoms with Gasteiger partial charge in [-0.05, 0) is 99.0 Å². The van der Waals surface area contributed by atoms with Crippen molar-refractivity contribution in [2.45, 2.75) is 79.1 Å². The number of aromatic nitrogens is 7. The maximum atomic E-state index is 5.61. The molecule has 13 heteroatoms. The van der Waals surface area contributed by atoms with Gasteiger partial charge in [-0.2, -0.15) is 0 Å². The number of hydrogen-bond acceptors (Lipinski definition) is 13. The summed E-state index contributed by atoms with van der Waals surface area (Å²) in [4.78, 5) is 48.4. The van der Waals surface area contributed by atoms with Crippen LogP contribution in [0.4, 0.5) is 46.3 Å². The molecule has 7 heterocycles. The molecule has 0 aliphatic rings. The van der Waals surface area contributed by atoms with Crippen LogP contribution in [-0.4, -0.2) is 104 Å². The normalized spacial score (nSPS) is 11.1. The summed E-state index contributed by atoms with van der Waals surface area (Å²) in [5.74, 6) is 5.29. The van der Waals surface area contributed by atoms with Crippen LogP contribution in [0.2, 0.25) is 0 Å². The molecule has 0 spiro atoms. The Kier molecular flexibility index (Phi) is 17.0. The van der Waals surface area contributed by atoms with E-state index in [-0.39, 0.29) is 0 Å². The summed E-state index contributed by atoms with van der Waals surface area (Å²) < 4.78 is 0. The number of hydrogen-bond donors (Lipinski definition) is 0. The number of pyridine rings is 7. The summed E-state index contributed by atoms with van der Waals surface area (Å²) in [5.41, 5.74) is 11.7. The quantitative estimate of drug-likeness (QED) is 0.0602. The third-order valence-electron chi connectivity index (χ3n) is 12.7. The summed E-state index contributed by atoms with van der Waals surface area (Å²) >= 11 is 0. The smallest absolute Gasteiger partial charge is 0.141 e. The van der Waals surface area contributed by atoms with Crippen LogP contribution in [0.15, 0.2) is 104 Å². The molecule has 0 aliphatic carbocycles. The average Bonchev–Trinajstić information content (AvgIpc) is 3.36. The monoisotopic (exact) mass is 940 g/mol. The molecular weight excluding hydrogens is 867 g/mol. The van der Waals surface area contributed by atoms with Gasteiger partial charge in [0.15, 0.2) is 0 Å². The zero-order valence-electron chi connectivity index (χ0n) is 43.7. The van der Waals surface area contributed by atoms with Gasteiger partial charge in [-0.3, -0.25) is 4.98 Å². The van der Waals surface area contributed by atoms with Gasteiger partial charge in [-0.1, -0.05) is 52.4 Å². The van der Waals surface area contributed by atoms with Gasteiger partial charge < -0.3 is 29.4 Å². The largest absolute Gasteiger partial charge is 0.363 e. The lowest BCUT2D eigenvalue weighted by Crippen LogP contribution is -2.24. The van der Waals surface area contributed by atoms with Crippen molar-refractivity contribution in [1.82, 2.24) is 34.9 Å². The number of unbranched alkanes of at least 4 members (excludes halogenated alkanes) is 6. The maximum absolute atomic E-state index is 5.61. The molecule has 7 rings (SSSR count). The Bertz CT molecular complexity index is 2580. The number of aryl methyl sites for hydroxylation is 2. The minimum atomic E-state index is 0.752. The topological polar surface area (TPSA) is 110 Å². The number of anilines is 8. The van der Waals surface area contributed by atoms with Gasteiger partial charge in [0.05, 0.1) is 17.1 Å². The summed E-state index contributed by atoms with van der Waals surface area (Å²) in [6.45, 7) is 10.3. The first-order valence-corrected chi connectivity index (χ1v) is 24.9. The zero-order valence-corrected chi connectivity index (χ0v) is 43.7. The van der Waals surface area contributed by atoms with E-state index >= 15 is 0 Å². The van der Waals surface area contributed by atoms with E-state index in [4.69, 9.17) is 34.9 Å². The minimum Gasteiger partial charge on any atom is -0.363 e. The Morgan fingerprint density at radius 2 is 0.871 bits per heavy atom. The van der Waals surface area contributed by atoms with Crippen LogP contribution in [0.1, 0.15) is 76.5 Å². The summed E-state index contributed by atoms with van der Waals surface area (Å²) in [6, 6.07) is 25.6. The summed E-state index contributed by atoms with van der Waals surface area (Å²) in [5, 5.41) is 0. The summed E-state index contributed by atoms with van der Waals surface area (Å²) in [6.07, 6.45) is 18.5. The fourth-order valence-corrected chi connectivity index (χ4v) is 8.76. The molecule has 0 fully saturated rings. The lowest BCUT2D eigenvalue weighted by molar-refractivity contribution is 0.664. The molecule has 7 aromatic rings. The molecule has 366 valence electrons. The Morgan fingerprint density at radius 3 is 1.33 bits per heavy atom. The van der Waals surface area contributed by atoms with E-state index in [1.807, 2.05) is 113 Å². The second-order valence-electron chi connectivity index (χ2n) is 19.0. The van der Waals surface area contributed by atoms with Crippen LogP contribution < -0.4 is 29.4 Å². The van der Waals surface area contributed by atoms with Gasteiger partial charge in [-0.25, -0.2) is 29.9 Å². The van der Waals surface area contributed by atoms with E-state index < -0.39 is 0 Å². The fraction of sp³-hybridized carbons (Fsp3) is 0.386. The van der Waals surface area contributed by atoms with Crippen molar-refractivity contribution in [3.8, 4) is 44.8 Å². The molecule has 0 saturated carbocycles. The third-order valence-corrected chi connectivity index (χ3v) is 12.7. The van der Waals surface area contributed by atoms with Gasteiger partial charge in [-0.15, -0.1) is 0 Å². The molecule has 0 amide bonds. The molecule has 0 unspecified atom stereocenters. The Labute approximate surface area is 417 Å². The molecule has 0 saturated heterocycles. The van der Waals surface area contributed by atoms with E-state index in [0.717, 1.165) is 167 Å². The highest BCUT2D eigenvalue weighted by Crippen LogP contribution is 2.43. The highest BCUT2D eigenvalue weighted by atomic mass is 15.2. The molecule has 0 aromatic carbocycles. The van der Waals surface area contributed by atoms with Crippen LogP contribution >= 0.6 is 0 Å². The predicted octanol–water partition coefficient (Wildman–Crippen LogP) is 12.4. The lowest BCUT2D eigenvalue weighted by Gasteiger charge is -2.31. The second-order valence-corrected chi connectivity index (χ2v) is 19.0. The van der Waals surface area contributed by atoms with Crippen LogP contribution in [0.3, 0.4) is 0 Å². The van der Waals surface area contributed by atoms with Crippen molar-refractivity contribution in [3.05, 3.63) is 115 Å². The van der Waals surface area contributed by atoms with Crippen molar-refractivity contribution in [3.63, 3.8) is 0 Å². The number of nitrogens with zero attached hydrogens (tertiary/aromatic N) is 13. The first-order valence-electron chi connectivity index (χ1n) is 24.9. The van der Waals surface area contributed by atoms with Gasteiger partial charge in [0.2, 0.25) is 0 Å². The van der Waals surface area contributed by atoms with Crippen molar-refractivity contribution in [1.29, 1.82) is 0 Å². The molecule has 7 aromatic heterocycles. The third kappa shape index (κ3) is 12.0. The molecule has 13 nitrogen and oxygen atoms in total. The van der Waals surface area contributed by atoms with Crippen LogP contribution in [0.25, 0.3) is 44.8 Å². The Morgan fingerprint density at radius 1 is 0.414 bits per heavy atom. The van der Waals surface area contributed by atoms with Gasteiger partial charge in [0, 0.05) is 151 Å². The standard InChI is InChI=1S/C57H73N13/c1-13-15-17-19-31-69(57-55(44-23-27-52(61-38-44)67(9)10)40(3)33-47(64-57)42-21-25-50(59-36-42)65(5)6)46-29-30-58-54(34-46)70(32-20-18-16-14-2)49-35-48(43-22-26-51(60-37-43)66(7)8)63-41(4)56(49)45-24-28-53(62-39-45)68(11)12/h21-30,33-39H,13-20,31-32H2,1-12H3. The first-order chi connectivity index (χ1) is 33.8. The van der Waals surface area contributed by atoms with Crippen molar-refractivity contribution in [2.75, 3.05) is 98.9 Å². The molecule has 0 bridgehead atoms. The molecule has 70 heavy (non-hydrogen) atoms. The molecule has 0 N–H and O–H groups in total. The van der Waals surface area contributed by atoms with E-state index in [2.05, 4.69) is 104 Å². The lowest BCUT2D eigenvalue weighted by atomic mass is 9.99. The second kappa shape index (κ2) is 23.4. The highest BCUT2D eigenvalue weighted by Gasteiger charge is 2.25. The summed E-state index contributed by atoms with van der Waals surface area (Å²) in [7, 11) is 16.1. The Hall–Kier alpha value is -7.15. The Balaban J connectivity index is 1.45. The van der Waals surface area contributed by atoms with Crippen molar-refractivity contribution >= 4 is 46.3 Å². The van der Waals surface area contributed by atoms with Gasteiger partial charge in [0.25, 0.3) is 0 Å². The van der Waals surface area contributed by atoms with Gasteiger partial charge >= 0.3 is 0 Å². The van der Waals surface area contributed by atoms with E-state index in [0.29, 0.717) is 0 Å². The predicted molar refractivity (Wildman–Crippen MR) is 295 cm³/mol. The SMILES string of the molecule is CCCCCCN(c1cc(N(CCCCCC)c2nc(-c3ccc(N(C)C)nc3)cc(C)c2-c2ccc(N(C)C)nc2)ccn1)c1cc(-c2ccc(N(C)C)nc2)nc(C)c1-c1ccc(N(C)C)nc1. The zero-order chi connectivity index (χ0) is 49.9. The minimum absolute atomic E-state index is 0.752. The van der Waals surface area contributed by atoms with Crippen LogP contribution in [0.5, 0.6) is 0 Å². The highest BCUT2D eigenvalue weighted by molar-refractivity contribution is 5.88. The molecule has 0 aliphatic heterocycles. The van der Waals surface area contributed by atoms with Gasteiger partial charge in [0.1, 0.15) is 34.9 Å². The maximum Gasteiger partial charge on any atom is 0.141 e. The molecule has 0 radical (unpaired) electrons. The van der Waals surface area contributed by atoms with Crippen LogP contribution in [-0.2, 0) is 0 Å². The number of rotatable bonds is 22.